The van der Waals surface area contributed by atoms with Crippen molar-refractivity contribution in [1.82, 2.24) is 20.7 Å². The number of pyridine rings is 1. The summed E-state index contributed by atoms with van der Waals surface area (Å²) in [6, 6.07) is 7.91. The lowest BCUT2D eigenvalue weighted by Crippen LogP contribution is -2.50. The lowest BCUT2D eigenvalue weighted by atomic mass is 9.96. The highest BCUT2D eigenvalue weighted by atomic mass is 35.5. The van der Waals surface area contributed by atoms with Gasteiger partial charge in [-0.15, -0.1) is 0 Å². The van der Waals surface area contributed by atoms with Crippen LogP contribution in [0.5, 0.6) is 0 Å². The van der Waals surface area contributed by atoms with E-state index in [4.69, 9.17) is 23.2 Å². The largest absolute Gasteiger partial charge is 0.338 e. The number of carbonyl (C=O) groups is 3. The zero-order valence-electron chi connectivity index (χ0n) is 14.8. The maximum Gasteiger partial charge on any atom is 0.271 e. The average Bonchev–Trinajstić information content (AvgIpc) is 2.74. The van der Waals surface area contributed by atoms with Gasteiger partial charge in [0.25, 0.3) is 11.8 Å². The Hall–Kier alpha value is -2.64. The van der Waals surface area contributed by atoms with Gasteiger partial charge in [0.2, 0.25) is 5.91 Å². The second kappa shape index (κ2) is 9.03. The standard InChI is InChI=1S/C19H18Cl2N4O3/c20-15-6-5-12(9-16(15)21)19(28)25-8-2-4-14(11-25)18(27)24-23-17(26)13-3-1-7-22-10-13/h1,3,5-7,9-10,14H,2,4,8,11H2,(H,23,26)(H,24,27). The molecule has 0 spiro atoms. The molecule has 1 fully saturated rings. The van der Waals surface area contributed by atoms with E-state index in [-0.39, 0.29) is 18.4 Å². The molecule has 1 unspecified atom stereocenters. The number of hydrazine groups is 1. The first-order valence-corrected chi connectivity index (χ1v) is 9.46. The van der Waals surface area contributed by atoms with Gasteiger partial charge in [0, 0.05) is 31.0 Å². The number of hydrogen-bond acceptors (Lipinski definition) is 4. The van der Waals surface area contributed by atoms with Gasteiger partial charge in [-0.2, -0.15) is 0 Å². The molecule has 1 aliphatic rings. The summed E-state index contributed by atoms with van der Waals surface area (Å²) in [6.07, 6.45) is 4.26. The Kier molecular flexibility index (Phi) is 6.49. The van der Waals surface area contributed by atoms with Crippen LogP contribution in [-0.4, -0.2) is 40.7 Å². The Balaban J connectivity index is 1.57. The van der Waals surface area contributed by atoms with E-state index in [1.165, 1.54) is 12.3 Å². The minimum absolute atomic E-state index is 0.213. The van der Waals surface area contributed by atoms with Gasteiger partial charge < -0.3 is 4.90 Å². The van der Waals surface area contributed by atoms with Crippen LogP contribution in [-0.2, 0) is 4.79 Å². The third kappa shape index (κ3) is 4.79. The van der Waals surface area contributed by atoms with Gasteiger partial charge in [-0.3, -0.25) is 30.2 Å². The number of aromatic nitrogens is 1. The molecule has 1 aromatic heterocycles. The van der Waals surface area contributed by atoms with Crippen LogP contribution in [0.4, 0.5) is 0 Å². The smallest absolute Gasteiger partial charge is 0.271 e. The normalized spacial score (nSPS) is 16.4. The Morgan fingerprint density at radius 1 is 1.07 bits per heavy atom. The minimum Gasteiger partial charge on any atom is -0.338 e. The van der Waals surface area contributed by atoms with Crippen LogP contribution >= 0.6 is 23.2 Å². The molecule has 9 heteroatoms. The van der Waals surface area contributed by atoms with Crippen molar-refractivity contribution in [3.8, 4) is 0 Å². The fourth-order valence-electron chi connectivity index (χ4n) is 2.98. The molecule has 3 amide bonds. The summed E-state index contributed by atoms with van der Waals surface area (Å²) in [6.45, 7) is 0.804. The van der Waals surface area contributed by atoms with E-state index in [0.29, 0.717) is 40.6 Å². The van der Waals surface area contributed by atoms with Crippen molar-refractivity contribution in [2.75, 3.05) is 13.1 Å². The molecule has 1 saturated heterocycles. The van der Waals surface area contributed by atoms with Crippen LogP contribution < -0.4 is 10.9 Å². The zero-order chi connectivity index (χ0) is 20.1. The average molecular weight is 421 g/mol. The van der Waals surface area contributed by atoms with E-state index < -0.39 is 11.8 Å². The molecule has 2 heterocycles. The molecule has 0 bridgehead atoms. The van der Waals surface area contributed by atoms with Crippen molar-refractivity contribution in [2.45, 2.75) is 12.8 Å². The minimum atomic E-state index is -0.457. The summed E-state index contributed by atoms with van der Waals surface area (Å²) in [5, 5.41) is 0.676. The number of amides is 3. The van der Waals surface area contributed by atoms with E-state index in [0.717, 1.165) is 0 Å². The summed E-state index contributed by atoms with van der Waals surface area (Å²) in [5.74, 6) is -1.44. The van der Waals surface area contributed by atoms with Crippen LogP contribution in [0.25, 0.3) is 0 Å². The van der Waals surface area contributed by atoms with E-state index in [1.807, 2.05) is 0 Å². The first kappa shape index (κ1) is 20.1. The quantitative estimate of drug-likeness (QED) is 0.746. The maximum absolute atomic E-state index is 12.7. The van der Waals surface area contributed by atoms with Gasteiger partial charge in [-0.1, -0.05) is 23.2 Å². The number of rotatable bonds is 3. The molecule has 2 N–H and O–H groups in total. The number of halogens is 2. The lowest BCUT2D eigenvalue weighted by molar-refractivity contribution is -0.127. The van der Waals surface area contributed by atoms with Crippen molar-refractivity contribution in [1.29, 1.82) is 0 Å². The number of hydrogen-bond donors (Lipinski definition) is 2. The van der Waals surface area contributed by atoms with Gasteiger partial charge in [0.1, 0.15) is 0 Å². The molecule has 1 aromatic carbocycles. The number of piperidine rings is 1. The van der Waals surface area contributed by atoms with Crippen molar-refractivity contribution in [3.63, 3.8) is 0 Å². The van der Waals surface area contributed by atoms with Crippen molar-refractivity contribution < 1.29 is 14.4 Å². The summed E-state index contributed by atoms with van der Waals surface area (Å²) >= 11 is 11.9. The molecule has 146 valence electrons. The van der Waals surface area contributed by atoms with Crippen molar-refractivity contribution in [3.05, 3.63) is 63.9 Å². The third-order valence-corrected chi connectivity index (χ3v) is 5.21. The molecular weight excluding hydrogens is 403 g/mol. The molecule has 2 aromatic rings. The van der Waals surface area contributed by atoms with Crippen LogP contribution in [0.1, 0.15) is 33.6 Å². The van der Waals surface area contributed by atoms with Gasteiger partial charge >= 0.3 is 0 Å². The monoisotopic (exact) mass is 420 g/mol. The fraction of sp³-hybridized carbons (Fsp3) is 0.263. The Labute approximate surface area is 172 Å². The van der Waals surface area contributed by atoms with E-state index >= 15 is 0 Å². The molecule has 3 rings (SSSR count). The summed E-state index contributed by atoms with van der Waals surface area (Å²) in [4.78, 5) is 42.6. The lowest BCUT2D eigenvalue weighted by Gasteiger charge is -2.32. The third-order valence-electron chi connectivity index (χ3n) is 4.47. The maximum atomic E-state index is 12.7. The van der Waals surface area contributed by atoms with Gasteiger partial charge in [-0.05, 0) is 43.2 Å². The topological polar surface area (TPSA) is 91.4 Å². The predicted molar refractivity (Wildman–Crippen MR) is 105 cm³/mol. The summed E-state index contributed by atoms with van der Waals surface area (Å²) < 4.78 is 0. The number of carbonyl (C=O) groups excluding carboxylic acids is 3. The van der Waals surface area contributed by atoms with Crippen LogP contribution in [0, 0.1) is 5.92 Å². The molecule has 0 aliphatic carbocycles. The Bertz CT molecular complexity index is 892. The van der Waals surface area contributed by atoms with Crippen LogP contribution in [0.15, 0.2) is 42.7 Å². The molecule has 1 aliphatic heterocycles. The number of benzene rings is 1. The fourth-order valence-corrected chi connectivity index (χ4v) is 3.28. The highest BCUT2D eigenvalue weighted by molar-refractivity contribution is 6.42. The first-order chi connectivity index (χ1) is 13.5. The van der Waals surface area contributed by atoms with Crippen molar-refractivity contribution >= 4 is 40.9 Å². The molecule has 1 atom stereocenters. The highest BCUT2D eigenvalue weighted by Gasteiger charge is 2.29. The Morgan fingerprint density at radius 3 is 2.61 bits per heavy atom. The van der Waals surface area contributed by atoms with Crippen molar-refractivity contribution in [2.24, 2.45) is 5.92 Å². The number of nitrogens with one attached hydrogen (secondary N) is 2. The van der Waals surface area contributed by atoms with Crippen LogP contribution in [0.2, 0.25) is 10.0 Å². The van der Waals surface area contributed by atoms with Crippen LogP contribution in [0.3, 0.4) is 0 Å². The molecule has 0 saturated carbocycles. The highest BCUT2D eigenvalue weighted by Crippen LogP contribution is 2.25. The second-order valence-electron chi connectivity index (χ2n) is 6.40. The van der Waals surface area contributed by atoms with Gasteiger partial charge in [0.15, 0.2) is 0 Å². The second-order valence-corrected chi connectivity index (χ2v) is 7.22. The predicted octanol–water partition coefficient (Wildman–Crippen LogP) is 2.70. The summed E-state index contributed by atoms with van der Waals surface area (Å²) in [7, 11) is 0. The van der Waals surface area contributed by atoms with E-state index in [2.05, 4.69) is 15.8 Å². The van der Waals surface area contributed by atoms with Gasteiger partial charge in [0.05, 0.1) is 21.5 Å². The number of likely N-dealkylation sites (tertiary alicyclic amines) is 1. The molecular formula is C19H18Cl2N4O3. The first-order valence-electron chi connectivity index (χ1n) is 8.70. The zero-order valence-corrected chi connectivity index (χ0v) is 16.3. The molecule has 7 nitrogen and oxygen atoms in total. The van der Waals surface area contributed by atoms with E-state index in [9.17, 15) is 14.4 Å². The molecule has 0 radical (unpaired) electrons. The molecule has 28 heavy (non-hydrogen) atoms. The Morgan fingerprint density at radius 2 is 1.89 bits per heavy atom. The van der Waals surface area contributed by atoms with Gasteiger partial charge in [-0.25, -0.2) is 0 Å². The summed E-state index contributed by atoms with van der Waals surface area (Å²) in [5.41, 5.74) is 5.55. The van der Waals surface area contributed by atoms with E-state index in [1.54, 1.807) is 35.4 Å². The SMILES string of the molecule is O=C(NNC(=O)C1CCCN(C(=O)c2ccc(Cl)c(Cl)c2)C1)c1cccnc1. The number of nitrogens with zero attached hydrogens (tertiary/aromatic N) is 2.